The maximum Gasteiger partial charge on any atom is 0.183 e. The monoisotopic (exact) mass is 288 g/mol. The zero-order valence-corrected chi connectivity index (χ0v) is 11.5. The standard InChI is InChI=1S/C16H14F2N2O/c1-21-14-5-3-2-4-11(14)8-9-20-13-7-6-12(10-19)15(17)16(13)18/h2-7,20H,8-9H2,1H3. The van der Waals surface area contributed by atoms with Crippen molar-refractivity contribution in [2.24, 2.45) is 0 Å². The van der Waals surface area contributed by atoms with Gasteiger partial charge in [0.15, 0.2) is 11.6 Å². The van der Waals surface area contributed by atoms with Crippen molar-refractivity contribution in [2.75, 3.05) is 19.0 Å². The molecule has 0 fully saturated rings. The van der Waals surface area contributed by atoms with Crippen LogP contribution in [0.15, 0.2) is 36.4 Å². The molecule has 0 spiro atoms. The first-order valence-corrected chi connectivity index (χ1v) is 6.41. The van der Waals surface area contributed by atoms with Gasteiger partial charge in [-0.1, -0.05) is 18.2 Å². The molecule has 2 rings (SSSR count). The first-order chi connectivity index (χ1) is 10.2. The van der Waals surface area contributed by atoms with Crippen LogP contribution in [0.4, 0.5) is 14.5 Å². The van der Waals surface area contributed by atoms with Crippen LogP contribution < -0.4 is 10.1 Å². The Labute approximate surface area is 121 Å². The lowest BCUT2D eigenvalue weighted by Crippen LogP contribution is -2.08. The Bertz CT molecular complexity index is 680. The Hall–Kier alpha value is -2.61. The van der Waals surface area contributed by atoms with Crippen molar-refractivity contribution in [3.05, 3.63) is 59.2 Å². The van der Waals surface area contributed by atoms with E-state index in [2.05, 4.69) is 5.32 Å². The van der Waals surface area contributed by atoms with Gasteiger partial charge in [0.1, 0.15) is 11.8 Å². The van der Waals surface area contributed by atoms with Crippen LogP contribution in [0.5, 0.6) is 5.75 Å². The molecule has 3 nitrogen and oxygen atoms in total. The molecule has 5 heteroatoms. The van der Waals surface area contributed by atoms with E-state index < -0.39 is 11.6 Å². The molecule has 0 aliphatic heterocycles. The normalized spacial score (nSPS) is 10.0. The number of hydrogen-bond donors (Lipinski definition) is 1. The lowest BCUT2D eigenvalue weighted by atomic mass is 10.1. The highest BCUT2D eigenvalue weighted by Gasteiger charge is 2.12. The largest absolute Gasteiger partial charge is 0.496 e. The number of anilines is 1. The van der Waals surface area contributed by atoms with Gasteiger partial charge in [-0.25, -0.2) is 8.78 Å². The smallest absolute Gasteiger partial charge is 0.183 e. The zero-order chi connectivity index (χ0) is 15.2. The molecule has 21 heavy (non-hydrogen) atoms. The van der Waals surface area contributed by atoms with Crippen LogP contribution in [0.25, 0.3) is 0 Å². The summed E-state index contributed by atoms with van der Waals surface area (Å²) in [7, 11) is 1.59. The van der Waals surface area contributed by atoms with E-state index in [1.807, 2.05) is 24.3 Å². The Kier molecular flexibility index (Phi) is 4.72. The van der Waals surface area contributed by atoms with Crippen molar-refractivity contribution in [3.63, 3.8) is 0 Å². The summed E-state index contributed by atoms with van der Waals surface area (Å²) in [4.78, 5) is 0. The quantitative estimate of drug-likeness (QED) is 0.916. The number of rotatable bonds is 5. The number of hydrogen-bond acceptors (Lipinski definition) is 3. The third-order valence-electron chi connectivity index (χ3n) is 3.11. The van der Waals surface area contributed by atoms with Crippen LogP contribution in [0, 0.1) is 23.0 Å². The lowest BCUT2D eigenvalue weighted by molar-refractivity contribution is 0.410. The third kappa shape index (κ3) is 3.29. The molecule has 0 saturated heterocycles. The number of para-hydroxylation sites is 1. The number of ether oxygens (including phenoxy) is 1. The molecule has 1 N–H and O–H groups in total. The molecule has 0 atom stereocenters. The molecule has 0 amide bonds. The number of methoxy groups -OCH3 is 1. The number of benzene rings is 2. The van der Waals surface area contributed by atoms with E-state index >= 15 is 0 Å². The van der Waals surface area contributed by atoms with E-state index in [-0.39, 0.29) is 11.3 Å². The predicted octanol–water partition coefficient (Wildman–Crippen LogP) is 3.50. The number of nitrogens with one attached hydrogen (secondary N) is 1. The Balaban J connectivity index is 2.04. The fourth-order valence-electron chi connectivity index (χ4n) is 2.01. The van der Waals surface area contributed by atoms with E-state index in [4.69, 9.17) is 10.00 Å². The average Bonchev–Trinajstić information content (AvgIpc) is 2.52. The second kappa shape index (κ2) is 6.71. The van der Waals surface area contributed by atoms with Crippen molar-refractivity contribution in [3.8, 4) is 11.8 Å². The van der Waals surface area contributed by atoms with Crippen LogP contribution in [0.1, 0.15) is 11.1 Å². The number of halogens is 2. The van der Waals surface area contributed by atoms with Gasteiger partial charge < -0.3 is 10.1 Å². The van der Waals surface area contributed by atoms with Crippen LogP contribution in [-0.4, -0.2) is 13.7 Å². The summed E-state index contributed by atoms with van der Waals surface area (Å²) in [5, 5.41) is 11.5. The topological polar surface area (TPSA) is 45.0 Å². The van der Waals surface area contributed by atoms with Gasteiger partial charge in [-0.15, -0.1) is 0 Å². The first-order valence-electron chi connectivity index (χ1n) is 6.41. The second-order valence-corrected chi connectivity index (χ2v) is 4.39. The van der Waals surface area contributed by atoms with E-state index in [1.54, 1.807) is 13.2 Å². The van der Waals surface area contributed by atoms with Crippen LogP contribution >= 0.6 is 0 Å². The van der Waals surface area contributed by atoms with Crippen molar-refractivity contribution in [1.29, 1.82) is 5.26 Å². The molecule has 0 saturated carbocycles. The molecule has 2 aromatic carbocycles. The lowest BCUT2D eigenvalue weighted by Gasteiger charge is -2.11. The van der Waals surface area contributed by atoms with Crippen molar-refractivity contribution in [2.45, 2.75) is 6.42 Å². The van der Waals surface area contributed by atoms with Crippen molar-refractivity contribution >= 4 is 5.69 Å². The van der Waals surface area contributed by atoms with Crippen LogP contribution in [0.3, 0.4) is 0 Å². The van der Waals surface area contributed by atoms with Gasteiger partial charge in [0, 0.05) is 6.54 Å². The minimum absolute atomic E-state index is 0.0430. The fraction of sp³-hybridized carbons (Fsp3) is 0.188. The van der Waals surface area contributed by atoms with E-state index in [1.165, 1.54) is 12.1 Å². The summed E-state index contributed by atoms with van der Waals surface area (Å²) >= 11 is 0. The van der Waals surface area contributed by atoms with Gasteiger partial charge in [0.25, 0.3) is 0 Å². The molecule has 0 aromatic heterocycles. The molecule has 0 bridgehead atoms. The molecule has 108 valence electrons. The molecule has 2 aromatic rings. The molecule has 0 aliphatic carbocycles. The molecular weight excluding hydrogens is 274 g/mol. The van der Waals surface area contributed by atoms with Gasteiger partial charge in [0.05, 0.1) is 18.4 Å². The number of nitrogens with zero attached hydrogens (tertiary/aromatic N) is 1. The minimum atomic E-state index is -1.13. The SMILES string of the molecule is COc1ccccc1CCNc1ccc(C#N)c(F)c1F. The molecule has 0 aliphatic rings. The fourth-order valence-corrected chi connectivity index (χ4v) is 2.01. The first kappa shape index (κ1) is 14.8. The van der Waals surface area contributed by atoms with Gasteiger partial charge in [-0.2, -0.15) is 5.26 Å². The highest BCUT2D eigenvalue weighted by Crippen LogP contribution is 2.21. The minimum Gasteiger partial charge on any atom is -0.496 e. The average molecular weight is 288 g/mol. The summed E-state index contributed by atoms with van der Waals surface area (Å²) < 4.78 is 32.4. The molecule has 0 radical (unpaired) electrons. The van der Waals surface area contributed by atoms with E-state index in [0.717, 1.165) is 11.3 Å². The summed E-state index contributed by atoms with van der Waals surface area (Å²) in [6.45, 7) is 0.419. The van der Waals surface area contributed by atoms with Gasteiger partial charge >= 0.3 is 0 Å². The highest BCUT2D eigenvalue weighted by atomic mass is 19.2. The third-order valence-corrected chi connectivity index (χ3v) is 3.11. The summed E-state index contributed by atoms with van der Waals surface area (Å²) in [6.07, 6.45) is 0.602. The van der Waals surface area contributed by atoms with Crippen molar-refractivity contribution in [1.82, 2.24) is 0 Å². The van der Waals surface area contributed by atoms with Gasteiger partial charge in [-0.05, 0) is 30.2 Å². The zero-order valence-electron chi connectivity index (χ0n) is 11.5. The van der Waals surface area contributed by atoms with Crippen LogP contribution in [-0.2, 0) is 6.42 Å². The Morgan fingerprint density at radius 1 is 1.14 bits per heavy atom. The highest BCUT2D eigenvalue weighted by molar-refractivity contribution is 5.50. The van der Waals surface area contributed by atoms with E-state index in [9.17, 15) is 8.78 Å². The van der Waals surface area contributed by atoms with Gasteiger partial charge in [-0.3, -0.25) is 0 Å². The molecular formula is C16H14F2N2O. The Morgan fingerprint density at radius 2 is 1.90 bits per heavy atom. The van der Waals surface area contributed by atoms with Crippen LogP contribution in [0.2, 0.25) is 0 Å². The van der Waals surface area contributed by atoms with E-state index in [0.29, 0.717) is 13.0 Å². The summed E-state index contributed by atoms with van der Waals surface area (Å²) in [5.41, 5.74) is 0.714. The molecule has 0 unspecified atom stereocenters. The Morgan fingerprint density at radius 3 is 2.62 bits per heavy atom. The maximum atomic E-state index is 13.7. The number of nitriles is 1. The van der Waals surface area contributed by atoms with Crippen molar-refractivity contribution < 1.29 is 13.5 Å². The second-order valence-electron chi connectivity index (χ2n) is 4.39. The molecule has 0 heterocycles. The summed E-state index contributed by atoms with van der Waals surface area (Å²) in [6, 6.07) is 11.7. The maximum absolute atomic E-state index is 13.7. The summed E-state index contributed by atoms with van der Waals surface area (Å²) in [5.74, 6) is -1.40. The van der Waals surface area contributed by atoms with Gasteiger partial charge in [0.2, 0.25) is 0 Å². The predicted molar refractivity (Wildman–Crippen MR) is 76.3 cm³/mol.